The molecule has 15 heavy (non-hydrogen) atoms. The maximum atomic E-state index is 11.2. The third-order valence-corrected chi connectivity index (χ3v) is 2.92. The number of nitrogens with one attached hydrogen (secondary N) is 1. The molecule has 0 saturated carbocycles. The molecule has 1 aliphatic rings. The van der Waals surface area contributed by atoms with Crippen LogP contribution in [-0.2, 0) is 9.53 Å². The van der Waals surface area contributed by atoms with E-state index < -0.39 is 0 Å². The molecule has 1 aromatic carbocycles. The number of benzene rings is 1. The van der Waals surface area contributed by atoms with Gasteiger partial charge in [-0.1, -0.05) is 24.3 Å². The van der Waals surface area contributed by atoms with E-state index in [0.29, 0.717) is 6.04 Å². The molecule has 1 heterocycles. The number of hydrogen-bond acceptors (Lipinski definition) is 3. The van der Waals surface area contributed by atoms with Crippen LogP contribution in [0.5, 0.6) is 0 Å². The zero-order chi connectivity index (χ0) is 10.8. The minimum Gasteiger partial charge on any atom is -0.468 e. The third-order valence-electron chi connectivity index (χ3n) is 2.92. The summed E-state index contributed by atoms with van der Waals surface area (Å²) in [6, 6.07) is 8.41. The molecular weight excluding hydrogens is 190 g/mol. The first-order valence-electron chi connectivity index (χ1n) is 5.12. The molecule has 3 heteroatoms. The fraction of sp³-hybridized carbons (Fsp3) is 0.417. The van der Waals surface area contributed by atoms with Gasteiger partial charge in [0.15, 0.2) is 0 Å². The highest BCUT2D eigenvalue weighted by molar-refractivity contribution is 5.77. The molecular formula is C12H15NO2. The highest BCUT2D eigenvalue weighted by atomic mass is 16.5. The quantitative estimate of drug-likeness (QED) is 0.745. The average Bonchev–Trinajstić information content (AvgIpc) is 2.18. The van der Waals surface area contributed by atoms with Gasteiger partial charge >= 0.3 is 5.97 Å². The van der Waals surface area contributed by atoms with Crippen molar-refractivity contribution < 1.29 is 9.53 Å². The zero-order valence-corrected chi connectivity index (χ0v) is 8.99. The first-order chi connectivity index (χ1) is 7.22. The summed E-state index contributed by atoms with van der Waals surface area (Å²) in [5.74, 6) is -0.167. The molecule has 2 unspecified atom stereocenters. The lowest BCUT2D eigenvalue weighted by Gasteiger charge is -2.36. The number of rotatable bonds is 2. The van der Waals surface area contributed by atoms with Gasteiger partial charge in [-0.3, -0.25) is 10.1 Å². The summed E-state index contributed by atoms with van der Waals surface area (Å²) in [6.07, 6.45) is 0.831. The first kappa shape index (κ1) is 10.2. The fourth-order valence-corrected chi connectivity index (χ4v) is 1.96. The van der Waals surface area contributed by atoms with E-state index >= 15 is 0 Å². The van der Waals surface area contributed by atoms with Crippen LogP contribution in [0.15, 0.2) is 24.3 Å². The van der Waals surface area contributed by atoms with Crippen molar-refractivity contribution in [1.29, 1.82) is 0 Å². The molecule has 1 fully saturated rings. The van der Waals surface area contributed by atoms with E-state index in [1.165, 1.54) is 18.2 Å². The molecule has 1 aliphatic heterocycles. The van der Waals surface area contributed by atoms with Crippen molar-refractivity contribution >= 4 is 5.97 Å². The molecule has 0 bridgehead atoms. The Bertz CT molecular complexity index is 370. The van der Waals surface area contributed by atoms with E-state index in [1.54, 1.807) is 0 Å². The Kier molecular flexibility index (Phi) is 2.73. The maximum absolute atomic E-state index is 11.2. The molecule has 3 nitrogen and oxygen atoms in total. The van der Waals surface area contributed by atoms with Gasteiger partial charge in [0, 0.05) is 6.04 Å². The van der Waals surface area contributed by atoms with Crippen LogP contribution >= 0.6 is 0 Å². The number of ether oxygens (including phenoxy) is 1. The van der Waals surface area contributed by atoms with E-state index in [1.807, 2.05) is 12.1 Å². The number of carbonyl (C=O) groups excluding carboxylic acids is 1. The van der Waals surface area contributed by atoms with Gasteiger partial charge in [0.25, 0.3) is 0 Å². The van der Waals surface area contributed by atoms with Crippen molar-refractivity contribution in [2.24, 2.45) is 0 Å². The Morgan fingerprint density at radius 2 is 2.13 bits per heavy atom. The minimum atomic E-state index is -0.167. The lowest BCUT2D eigenvalue weighted by atomic mass is 9.88. The van der Waals surface area contributed by atoms with Crippen LogP contribution in [0.25, 0.3) is 0 Å². The van der Waals surface area contributed by atoms with Gasteiger partial charge < -0.3 is 4.74 Å². The molecule has 1 N–H and O–H groups in total. The summed E-state index contributed by atoms with van der Waals surface area (Å²) < 4.78 is 4.67. The Hall–Kier alpha value is -1.35. The van der Waals surface area contributed by atoms with Crippen LogP contribution in [0.3, 0.4) is 0 Å². The van der Waals surface area contributed by atoms with Crippen LogP contribution in [0.1, 0.15) is 23.6 Å². The zero-order valence-electron chi connectivity index (χ0n) is 8.99. The minimum absolute atomic E-state index is 0.125. The molecule has 1 saturated heterocycles. The summed E-state index contributed by atoms with van der Waals surface area (Å²) in [7, 11) is 1.42. The van der Waals surface area contributed by atoms with Crippen molar-refractivity contribution in [1.82, 2.24) is 5.32 Å². The molecule has 1 aromatic rings. The van der Waals surface area contributed by atoms with Crippen LogP contribution < -0.4 is 5.32 Å². The van der Waals surface area contributed by atoms with Crippen molar-refractivity contribution in [2.75, 3.05) is 7.11 Å². The Morgan fingerprint density at radius 1 is 1.47 bits per heavy atom. The highest BCUT2D eigenvalue weighted by Gasteiger charge is 2.35. The highest BCUT2D eigenvalue weighted by Crippen LogP contribution is 2.30. The summed E-state index contributed by atoms with van der Waals surface area (Å²) >= 11 is 0. The second-order valence-corrected chi connectivity index (χ2v) is 3.89. The molecule has 0 amide bonds. The van der Waals surface area contributed by atoms with Crippen LogP contribution in [0.2, 0.25) is 0 Å². The predicted molar refractivity (Wildman–Crippen MR) is 57.5 cm³/mol. The van der Waals surface area contributed by atoms with Gasteiger partial charge in [0.1, 0.15) is 6.04 Å². The molecule has 2 rings (SSSR count). The molecule has 0 radical (unpaired) electrons. The molecule has 80 valence electrons. The van der Waals surface area contributed by atoms with Crippen molar-refractivity contribution in [3.63, 3.8) is 0 Å². The largest absolute Gasteiger partial charge is 0.468 e. The molecule has 0 spiro atoms. The van der Waals surface area contributed by atoms with E-state index in [9.17, 15) is 4.79 Å². The lowest BCUT2D eigenvalue weighted by Crippen LogP contribution is -2.51. The normalized spacial score (nSPS) is 24.4. The van der Waals surface area contributed by atoms with Crippen molar-refractivity contribution in [3.05, 3.63) is 35.4 Å². The number of carbonyl (C=O) groups is 1. The third kappa shape index (κ3) is 1.88. The smallest absolute Gasteiger partial charge is 0.322 e. The molecule has 0 aliphatic carbocycles. The van der Waals surface area contributed by atoms with Gasteiger partial charge in [-0.05, 0) is 24.5 Å². The van der Waals surface area contributed by atoms with Crippen LogP contribution in [-0.4, -0.2) is 19.1 Å². The monoisotopic (exact) mass is 205 g/mol. The predicted octanol–water partition coefficient (Wildman–Crippen LogP) is 1.57. The number of aryl methyl sites for hydroxylation is 1. The second-order valence-electron chi connectivity index (χ2n) is 3.89. The first-order valence-corrected chi connectivity index (χ1v) is 5.12. The fourth-order valence-electron chi connectivity index (χ4n) is 1.96. The van der Waals surface area contributed by atoms with Gasteiger partial charge in [-0.25, -0.2) is 0 Å². The van der Waals surface area contributed by atoms with Crippen molar-refractivity contribution in [2.45, 2.75) is 25.4 Å². The van der Waals surface area contributed by atoms with Crippen molar-refractivity contribution in [3.8, 4) is 0 Å². The van der Waals surface area contributed by atoms with E-state index in [0.717, 1.165) is 6.42 Å². The van der Waals surface area contributed by atoms with E-state index in [-0.39, 0.29) is 12.0 Å². The SMILES string of the molecule is COC(=O)C1CC(c2ccccc2C)N1. The van der Waals surface area contributed by atoms with Gasteiger partial charge in [-0.15, -0.1) is 0 Å². The number of methoxy groups -OCH3 is 1. The maximum Gasteiger partial charge on any atom is 0.322 e. The summed E-state index contributed by atoms with van der Waals surface area (Å²) in [6.45, 7) is 2.09. The standard InChI is InChI=1S/C12H15NO2/c1-8-5-3-4-6-9(8)10-7-11(13-10)12(14)15-2/h3-6,10-11,13H,7H2,1-2H3. The molecule has 2 atom stereocenters. The number of hydrogen-bond donors (Lipinski definition) is 1. The van der Waals surface area contributed by atoms with Gasteiger partial charge in [0.2, 0.25) is 0 Å². The molecule has 0 aromatic heterocycles. The Balaban J connectivity index is 2.00. The second kappa shape index (κ2) is 4.03. The average molecular weight is 205 g/mol. The lowest BCUT2D eigenvalue weighted by molar-refractivity contribution is -0.146. The van der Waals surface area contributed by atoms with Crippen LogP contribution in [0, 0.1) is 6.92 Å². The van der Waals surface area contributed by atoms with Crippen LogP contribution in [0.4, 0.5) is 0 Å². The summed E-state index contributed by atoms with van der Waals surface area (Å²) in [4.78, 5) is 11.2. The van der Waals surface area contributed by atoms with Gasteiger partial charge in [0.05, 0.1) is 7.11 Å². The van der Waals surface area contributed by atoms with Gasteiger partial charge in [-0.2, -0.15) is 0 Å². The topological polar surface area (TPSA) is 38.3 Å². The van der Waals surface area contributed by atoms with E-state index in [4.69, 9.17) is 0 Å². The van der Waals surface area contributed by atoms with E-state index in [2.05, 4.69) is 29.1 Å². The Labute approximate surface area is 89.4 Å². The number of esters is 1. The summed E-state index contributed by atoms with van der Waals surface area (Å²) in [5.41, 5.74) is 2.54. The Morgan fingerprint density at radius 3 is 2.73 bits per heavy atom. The summed E-state index contributed by atoms with van der Waals surface area (Å²) in [5, 5.41) is 3.21.